The number of nitrogens with zero attached hydrogens (tertiary/aromatic N) is 2. The highest BCUT2D eigenvalue weighted by Gasteiger charge is 2.28. The number of rotatable bonds is 1. The summed E-state index contributed by atoms with van der Waals surface area (Å²) in [6, 6.07) is 3.95. The van der Waals surface area contributed by atoms with E-state index < -0.39 is 0 Å². The van der Waals surface area contributed by atoms with E-state index in [0.29, 0.717) is 13.0 Å². The van der Waals surface area contributed by atoms with Gasteiger partial charge in [-0.05, 0) is 31.0 Å². The van der Waals surface area contributed by atoms with E-state index in [9.17, 15) is 9.59 Å². The Bertz CT molecular complexity index is 540. The summed E-state index contributed by atoms with van der Waals surface area (Å²) >= 11 is 0. The Hall–Kier alpha value is -1.88. The Morgan fingerprint density at radius 2 is 2.05 bits per heavy atom. The van der Waals surface area contributed by atoms with Crippen molar-refractivity contribution in [2.24, 2.45) is 5.73 Å². The first-order valence-corrected chi connectivity index (χ1v) is 6.34. The highest BCUT2D eigenvalue weighted by Crippen LogP contribution is 2.36. The third kappa shape index (κ3) is 2.33. The predicted molar refractivity (Wildman–Crippen MR) is 75.4 cm³/mol. The Morgan fingerprint density at radius 3 is 2.68 bits per heavy atom. The van der Waals surface area contributed by atoms with Gasteiger partial charge < -0.3 is 15.5 Å². The quantitative estimate of drug-likeness (QED) is 0.819. The van der Waals surface area contributed by atoms with Crippen LogP contribution in [0.25, 0.3) is 0 Å². The van der Waals surface area contributed by atoms with Crippen LogP contribution in [-0.4, -0.2) is 32.0 Å². The molecule has 0 atom stereocenters. The lowest BCUT2D eigenvalue weighted by Gasteiger charge is -2.25. The van der Waals surface area contributed by atoms with E-state index in [4.69, 9.17) is 5.73 Å². The Kier molecular flexibility index (Phi) is 3.57. The highest BCUT2D eigenvalue weighted by molar-refractivity contribution is 6.06. The first-order valence-electron chi connectivity index (χ1n) is 6.34. The minimum atomic E-state index is -0.156. The van der Waals surface area contributed by atoms with Crippen molar-refractivity contribution in [1.29, 1.82) is 0 Å². The van der Waals surface area contributed by atoms with Crippen LogP contribution in [0.5, 0.6) is 0 Å². The largest absolute Gasteiger partial charge is 0.322 e. The first-order chi connectivity index (χ1) is 8.95. The number of benzene rings is 1. The van der Waals surface area contributed by atoms with E-state index in [1.54, 1.807) is 16.8 Å². The van der Waals surface area contributed by atoms with Crippen molar-refractivity contribution < 1.29 is 9.59 Å². The average molecular weight is 261 g/mol. The summed E-state index contributed by atoms with van der Waals surface area (Å²) in [5.41, 5.74) is 9.10. The zero-order valence-electron chi connectivity index (χ0n) is 11.6. The van der Waals surface area contributed by atoms with Gasteiger partial charge in [-0.15, -0.1) is 0 Å². The topological polar surface area (TPSA) is 66.6 Å². The average Bonchev–Trinajstić information content (AvgIpc) is 2.49. The molecule has 0 saturated heterocycles. The molecule has 0 fully saturated rings. The number of carbonyl (C=O) groups excluding carboxylic acids is 2. The van der Waals surface area contributed by atoms with Crippen molar-refractivity contribution in [3.05, 3.63) is 23.3 Å². The fourth-order valence-corrected chi connectivity index (χ4v) is 2.53. The second kappa shape index (κ2) is 5.01. The zero-order chi connectivity index (χ0) is 14.2. The fraction of sp³-hybridized carbons (Fsp3) is 0.429. The number of aryl methyl sites for hydroxylation is 2. The van der Waals surface area contributed by atoms with Crippen molar-refractivity contribution in [3.8, 4) is 0 Å². The van der Waals surface area contributed by atoms with Gasteiger partial charge in [0.25, 0.3) is 0 Å². The van der Waals surface area contributed by atoms with Crippen LogP contribution in [-0.2, 0) is 9.59 Å². The molecule has 0 spiro atoms. The van der Waals surface area contributed by atoms with Crippen molar-refractivity contribution in [2.45, 2.75) is 20.3 Å². The van der Waals surface area contributed by atoms with Gasteiger partial charge >= 0.3 is 0 Å². The highest BCUT2D eigenvalue weighted by atomic mass is 16.2. The van der Waals surface area contributed by atoms with Gasteiger partial charge in [-0.1, -0.05) is 6.07 Å². The number of carbonyl (C=O) groups is 2. The Morgan fingerprint density at radius 1 is 1.37 bits per heavy atom. The summed E-state index contributed by atoms with van der Waals surface area (Å²) in [7, 11) is 1.75. The van der Waals surface area contributed by atoms with Crippen LogP contribution >= 0.6 is 0 Å². The maximum atomic E-state index is 12.0. The molecule has 0 bridgehead atoms. The van der Waals surface area contributed by atoms with E-state index in [2.05, 4.69) is 0 Å². The molecule has 1 aliphatic rings. The lowest BCUT2D eigenvalue weighted by atomic mass is 10.1. The number of hydrogen-bond acceptors (Lipinski definition) is 3. The lowest BCUT2D eigenvalue weighted by molar-refractivity contribution is -0.118. The maximum absolute atomic E-state index is 12.0. The van der Waals surface area contributed by atoms with Gasteiger partial charge in [-0.3, -0.25) is 9.59 Å². The summed E-state index contributed by atoms with van der Waals surface area (Å²) in [5, 5.41) is 0. The molecule has 2 N–H and O–H groups in total. The van der Waals surface area contributed by atoms with Gasteiger partial charge in [0.2, 0.25) is 11.8 Å². The van der Waals surface area contributed by atoms with Crippen molar-refractivity contribution in [2.75, 3.05) is 29.9 Å². The summed E-state index contributed by atoms with van der Waals surface area (Å²) in [6.45, 7) is 4.26. The predicted octanol–water partition coefficient (Wildman–Crippen LogP) is 0.962. The minimum Gasteiger partial charge on any atom is -0.322 e. The molecule has 0 saturated carbocycles. The number of anilines is 2. The number of nitrogens with two attached hydrogens (primary N) is 1. The summed E-state index contributed by atoms with van der Waals surface area (Å²) in [4.78, 5) is 27.3. The molecule has 1 aliphatic heterocycles. The Balaban J connectivity index is 2.64. The first kappa shape index (κ1) is 13.5. The molecule has 2 rings (SSSR count). The second-order valence-electron chi connectivity index (χ2n) is 4.90. The molecule has 1 aromatic carbocycles. The molecule has 1 aromatic rings. The standard InChI is InChI=1S/C14H19N3O2/c1-9-6-10(2)14-11(7-9)16(3)12(18)4-5-17(14)13(19)8-15/h6-7H,4-5,8,15H2,1-3H3. The number of hydrogen-bond donors (Lipinski definition) is 1. The van der Waals surface area contributed by atoms with Gasteiger partial charge in [0.1, 0.15) is 0 Å². The normalized spacial score (nSPS) is 15.3. The van der Waals surface area contributed by atoms with E-state index in [-0.39, 0.29) is 18.4 Å². The molecule has 5 nitrogen and oxygen atoms in total. The third-order valence-corrected chi connectivity index (χ3v) is 3.46. The molecular formula is C14H19N3O2. The van der Waals surface area contributed by atoms with Crippen molar-refractivity contribution in [3.63, 3.8) is 0 Å². The maximum Gasteiger partial charge on any atom is 0.240 e. The fourth-order valence-electron chi connectivity index (χ4n) is 2.53. The molecule has 19 heavy (non-hydrogen) atoms. The summed E-state index contributed by atoms with van der Waals surface area (Å²) in [5.74, 6) is -0.144. The monoisotopic (exact) mass is 261 g/mol. The Labute approximate surface area is 113 Å². The van der Waals surface area contributed by atoms with Crippen LogP contribution in [0.4, 0.5) is 11.4 Å². The van der Waals surface area contributed by atoms with Crippen LogP contribution in [0.3, 0.4) is 0 Å². The SMILES string of the molecule is Cc1cc(C)c2c(c1)N(C)C(=O)CCN2C(=O)CN. The molecule has 102 valence electrons. The molecular weight excluding hydrogens is 242 g/mol. The molecule has 0 aromatic heterocycles. The number of amides is 2. The smallest absolute Gasteiger partial charge is 0.240 e. The van der Waals surface area contributed by atoms with E-state index in [0.717, 1.165) is 22.5 Å². The summed E-state index contributed by atoms with van der Waals surface area (Å²) < 4.78 is 0. The number of fused-ring (bicyclic) bond motifs is 1. The molecule has 0 aliphatic carbocycles. The zero-order valence-corrected chi connectivity index (χ0v) is 11.6. The van der Waals surface area contributed by atoms with Gasteiger partial charge in [0, 0.05) is 20.0 Å². The van der Waals surface area contributed by atoms with Crippen LogP contribution in [0.15, 0.2) is 12.1 Å². The molecule has 0 radical (unpaired) electrons. The second-order valence-corrected chi connectivity index (χ2v) is 4.90. The van der Waals surface area contributed by atoms with Gasteiger partial charge in [0.15, 0.2) is 0 Å². The molecule has 2 amide bonds. The minimum absolute atomic E-state index is 0.0126. The van der Waals surface area contributed by atoms with E-state index in [1.807, 2.05) is 26.0 Å². The van der Waals surface area contributed by atoms with Crippen molar-refractivity contribution >= 4 is 23.2 Å². The van der Waals surface area contributed by atoms with E-state index >= 15 is 0 Å². The van der Waals surface area contributed by atoms with Crippen LogP contribution in [0.2, 0.25) is 0 Å². The van der Waals surface area contributed by atoms with E-state index in [1.165, 1.54) is 0 Å². The third-order valence-electron chi connectivity index (χ3n) is 3.46. The molecule has 1 heterocycles. The van der Waals surface area contributed by atoms with Crippen LogP contribution < -0.4 is 15.5 Å². The van der Waals surface area contributed by atoms with Gasteiger partial charge in [-0.2, -0.15) is 0 Å². The van der Waals surface area contributed by atoms with Gasteiger partial charge in [0.05, 0.1) is 17.9 Å². The van der Waals surface area contributed by atoms with Crippen molar-refractivity contribution in [1.82, 2.24) is 0 Å². The van der Waals surface area contributed by atoms with Crippen LogP contribution in [0.1, 0.15) is 17.5 Å². The van der Waals surface area contributed by atoms with Crippen LogP contribution in [0, 0.1) is 13.8 Å². The van der Waals surface area contributed by atoms with Gasteiger partial charge in [-0.25, -0.2) is 0 Å². The molecule has 0 unspecified atom stereocenters. The summed E-state index contributed by atoms with van der Waals surface area (Å²) in [6.07, 6.45) is 0.315. The molecule has 5 heteroatoms. The lowest BCUT2D eigenvalue weighted by Crippen LogP contribution is -2.37.